The molecule has 0 radical (unpaired) electrons. The summed E-state index contributed by atoms with van der Waals surface area (Å²) in [5.74, 6) is 0.363. The van der Waals surface area contributed by atoms with E-state index in [0.29, 0.717) is 12.5 Å². The van der Waals surface area contributed by atoms with Gasteiger partial charge in [0, 0.05) is 11.0 Å². The zero-order valence-corrected chi connectivity index (χ0v) is 16.3. The van der Waals surface area contributed by atoms with Crippen LogP contribution in [0.15, 0.2) is 28.7 Å². The van der Waals surface area contributed by atoms with Gasteiger partial charge in [-0.3, -0.25) is 4.90 Å². The summed E-state index contributed by atoms with van der Waals surface area (Å²) in [5, 5.41) is 0. The monoisotopic (exact) mass is 369 g/mol. The number of hydrogen-bond acceptors (Lipinski definition) is 2. The Kier molecular flexibility index (Phi) is 6.08. The summed E-state index contributed by atoms with van der Waals surface area (Å²) in [7, 11) is 0. The van der Waals surface area contributed by atoms with E-state index in [2.05, 4.69) is 43.6 Å². The molecule has 0 fully saturated rings. The van der Waals surface area contributed by atoms with Gasteiger partial charge in [0.1, 0.15) is 5.60 Å². The van der Waals surface area contributed by atoms with Crippen LogP contribution < -0.4 is 0 Å². The number of amides is 1. The molecular formula is C18H28BrNO2. The van der Waals surface area contributed by atoms with E-state index < -0.39 is 11.1 Å². The molecule has 0 heterocycles. The molecule has 0 aromatic heterocycles. The standard InChI is InChI=1S/C18H28BrNO2/c1-13(2)12-20(16(21)22-17(3,4)5)18(6,7)14-8-10-15(19)11-9-14/h8-11,13H,12H2,1-7H3. The van der Waals surface area contributed by atoms with Gasteiger partial charge in [-0.25, -0.2) is 4.79 Å². The molecule has 0 spiro atoms. The highest BCUT2D eigenvalue weighted by atomic mass is 79.9. The Bertz CT molecular complexity index is 501. The number of hydrogen-bond donors (Lipinski definition) is 0. The minimum absolute atomic E-state index is 0.269. The topological polar surface area (TPSA) is 29.5 Å². The van der Waals surface area contributed by atoms with Crippen LogP contribution in [0.4, 0.5) is 4.79 Å². The second-order valence-electron chi connectivity index (χ2n) is 7.55. The van der Waals surface area contributed by atoms with Gasteiger partial charge in [-0.1, -0.05) is 41.9 Å². The molecule has 0 aliphatic heterocycles. The summed E-state index contributed by atoms with van der Waals surface area (Å²) in [6.07, 6.45) is -0.269. The second kappa shape index (κ2) is 7.03. The highest BCUT2D eigenvalue weighted by molar-refractivity contribution is 9.10. The molecule has 0 unspecified atom stereocenters. The number of nitrogens with zero attached hydrogens (tertiary/aromatic N) is 1. The maximum Gasteiger partial charge on any atom is 0.411 e. The molecule has 0 saturated heterocycles. The lowest BCUT2D eigenvalue weighted by molar-refractivity contribution is -0.00126. The van der Waals surface area contributed by atoms with Gasteiger partial charge >= 0.3 is 6.09 Å². The van der Waals surface area contributed by atoms with Crippen molar-refractivity contribution >= 4 is 22.0 Å². The molecular weight excluding hydrogens is 342 g/mol. The number of ether oxygens (including phenoxy) is 1. The minimum atomic E-state index is -0.498. The van der Waals surface area contributed by atoms with E-state index in [1.54, 1.807) is 0 Å². The van der Waals surface area contributed by atoms with Crippen molar-refractivity contribution < 1.29 is 9.53 Å². The zero-order valence-electron chi connectivity index (χ0n) is 14.7. The van der Waals surface area contributed by atoms with Crippen molar-refractivity contribution in [3.05, 3.63) is 34.3 Å². The van der Waals surface area contributed by atoms with Gasteiger partial charge < -0.3 is 4.74 Å². The summed E-state index contributed by atoms with van der Waals surface area (Å²) < 4.78 is 6.64. The van der Waals surface area contributed by atoms with Crippen molar-refractivity contribution in [3.8, 4) is 0 Å². The third-order valence-electron chi connectivity index (χ3n) is 3.39. The van der Waals surface area contributed by atoms with Crippen molar-refractivity contribution in [1.29, 1.82) is 0 Å². The van der Waals surface area contributed by atoms with E-state index in [-0.39, 0.29) is 6.09 Å². The fraction of sp³-hybridized carbons (Fsp3) is 0.611. The maximum absolute atomic E-state index is 12.7. The molecule has 22 heavy (non-hydrogen) atoms. The smallest absolute Gasteiger partial charge is 0.411 e. The highest BCUT2D eigenvalue weighted by Crippen LogP contribution is 2.31. The number of halogens is 1. The van der Waals surface area contributed by atoms with Crippen molar-refractivity contribution in [2.24, 2.45) is 5.92 Å². The van der Waals surface area contributed by atoms with E-state index in [1.807, 2.05) is 49.9 Å². The van der Waals surface area contributed by atoms with Gasteiger partial charge in [0.05, 0.1) is 5.54 Å². The van der Waals surface area contributed by atoms with Gasteiger partial charge in [-0.05, 0) is 58.2 Å². The van der Waals surface area contributed by atoms with Gasteiger partial charge in [0.15, 0.2) is 0 Å². The Labute approximate surface area is 143 Å². The lowest BCUT2D eigenvalue weighted by Crippen LogP contribution is -2.49. The summed E-state index contributed by atoms with van der Waals surface area (Å²) in [6.45, 7) is 14.7. The first-order chi connectivity index (χ1) is 9.93. The highest BCUT2D eigenvalue weighted by Gasteiger charge is 2.35. The van der Waals surface area contributed by atoms with Crippen molar-refractivity contribution in [1.82, 2.24) is 4.90 Å². The van der Waals surface area contributed by atoms with Crippen LogP contribution in [0.3, 0.4) is 0 Å². The third kappa shape index (κ3) is 5.31. The molecule has 3 nitrogen and oxygen atoms in total. The molecule has 0 bridgehead atoms. The Hall–Kier alpha value is -1.03. The van der Waals surface area contributed by atoms with Gasteiger partial charge in [0.25, 0.3) is 0 Å². The Balaban J connectivity index is 3.13. The van der Waals surface area contributed by atoms with Crippen LogP contribution in [0.2, 0.25) is 0 Å². The molecule has 0 atom stereocenters. The van der Waals surface area contributed by atoms with Gasteiger partial charge in [0.2, 0.25) is 0 Å². The van der Waals surface area contributed by atoms with E-state index in [1.165, 1.54) is 0 Å². The van der Waals surface area contributed by atoms with Gasteiger partial charge in [-0.2, -0.15) is 0 Å². The molecule has 0 saturated carbocycles. The van der Waals surface area contributed by atoms with Crippen molar-refractivity contribution in [3.63, 3.8) is 0 Å². The molecule has 1 amide bonds. The fourth-order valence-corrected chi connectivity index (χ4v) is 2.49. The molecule has 1 aromatic rings. The lowest BCUT2D eigenvalue weighted by atomic mass is 9.91. The first-order valence-corrected chi connectivity index (χ1v) is 8.49. The second-order valence-corrected chi connectivity index (χ2v) is 8.47. The van der Waals surface area contributed by atoms with Crippen molar-refractivity contribution in [2.45, 2.75) is 59.6 Å². The Morgan fingerprint density at radius 2 is 1.64 bits per heavy atom. The number of carbonyl (C=O) groups is 1. The zero-order chi connectivity index (χ0) is 17.1. The summed E-state index contributed by atoms with van der Waals surface area (Å²) in [5.41, 5.74) is 0.150. The number of carbonyl (C=O) groups excluding carboxylic acids is 1. The normalized spacial score (nSPS) is 12.4. The predicted molar refractivity (Wildman–Crippen MR) is 94.9 cm³/mol. The quantitative estimate of drug-likeness (QED) is 0.693. The van der Waals surface area contributed by atoms with E-state index >= 15 is 0 Å². The first-order valence-electron chi connectivity index (χ1n) is 7.70. The molecule has 1 aromatic carbocycles. The lowest BCUT2D eigenvalue weighted by Gasteiger charge is -2.40. The van der Waals surface area contributed by atoms with Gasteiger partial charge in [-0.15, -0.1) is 0 Å². The average molecular weight is 370 g/mol. The van der Waals surface area contributed by atoms with Crippen LogP contribution >= 0.6 is 15.9 Å². The minimum Gasteiger partial charge on any atom is -0.444 e. The van der Waals surface area contributed by atoms with Crippen LogP contribution in [0, 0.1) is 5.92 Å². The fourth-order valence-electron chi connectivity index (χ4n) is 2.23. The van der Waals surface area contributed by atoms with E-state index in [0.717, 1.165) is 10.0 Å². The molecule has 1 rings (SSSR count). The summed E-state index contributed by atoms with van der Waals surface area (Å²) in [4.78, 5) is 14.5. The Morgan fingerprint density at radius 1 is 1.14 bits per heavy atom. The maximum atomic E-state index is 12.7. The number of benzene rings is 1. The number of rotatable bonds is 4. The van der Waals surface area contributed by atoms with E-state index in [9.17, 15) is 4.79 Å². The molecule has 0 aliphatic rings. The Morgan fingerprint density at radius 3 is 2.05 bits per heavy atom. The average Bonchev–Trinajstić information content (AvgIpc) is 2.34. The van der Waals surface area contributed by atoms with Crippen LogP contribution in [-0.2, 0) is 10.3 Å². The van der Waals surface area contributed by atoms with Crippen LogP contribution in [-0.4, -0.2) is 23.1 Å². The third-order valence-corrected chi connectivity index (χ3v) is 3.92. The summed E-state index contributed by atoms with van der Waals surface area (Å²) >= 11 is 3.45. The van der Waals surface area contributed by atoms with Crippen LogP contribution in [0.1, 0.15) is 54.0 Å². The van der Waals surface area contributed by atoms with Crippen LogP contribution in [0.25, 0.3) is 0 Å². The largest absolute Gasteiger partial charge is 0.444 e. The molecule has 4 heteroatoms. The van der Waals surface area contributed by atoms with E-state index in [4.69, 9.17) is 4.74 Å². The predicted octanol–water partition coefficient (Wildman–Crippen LogP) is 5.58. The van der Waals surface area contributed by atoms with Crippen molar-refractivity contribution in [2.75, 3.05) is 6.54 Å². The van der Waals surface area contributed by atoms with Crippen LogP contribution in [0.5, 0.6) is 0 Å². The molecule has 0 aliphatic carbocycles. The SMILES string of the molecule is CC(C)CN(C(=O)OC(C)(C)C)C(C)(C)c1ccc(Br)cc1. The summed E-state index contributed by atoms with van der Waals surface area (Å²) in [6, 6.07) is 8.09. The molecule has 124 valence electrons. The molecule has 0 N–H and O–H groups in total. The first kappa shape index (κ1) is 19.0.